The fraction of sp³-hybridized carbons (Fsp3) is 0.500. The minimum absolute atomic E-state index is 0. The molecule has 1 heterocycles. The molecule has 0 radical (unpaired) electrons. The first kappa shape index (κ1) is 19.0. The SMILES string of the molecule is CNCC(C)C(=O)N1CCN(C)c2ccccc21.Cl.Cl. The second-order valence-corrected chi connectivity index (χ2v) is 4.86. The minimum atomic E-state index is 0. The number of para-hydroxylation sites is 2. The molecule has 0 bridgehead atoms. The zero-order valence-corrected chi connectivity index (χ0v) is 13.8. The zero-order valence-electron chi connectivity index (χ0n) is 12.1. The van der Waals surface area contributed by atoms with E-state index in [1.807, 2.05) is 37.1 Å². The third-order valence-corrected chi connectivity index (χ3v) is 3.44. The van der Waals surface area contributed by atoms with Crippen molar-refractivity contribution in [3.8, 4) is 0 Å². The van der Waals surface area contributed by atoms with E-state index in [2.05, 4.69) is 23.3 Å². The average Bonchev–Trinajstić information content (AvgIpc) is 2.39. The van der Waals surface area contributed by atoms with E-state index in [1.165, 1.54) is 0 Å². The van der Waals surface area contributed by atoms with Crippen molar-refractivity contribution in [1.82, 2.24) is 5.32 Å². The summed E-state index contributed by atoms with van der Waals surface area (Å²) in [6.45, 7) is 4.34. The zero-order chi connectivity index (χ0) is 13.1. The van der Waals surface area contributed by atoms with Gasteiger partial charge >= 0.3 is 0 Å². The van der Waals surface area contributed by atoms with Crippen LogP contribution in [-0.4, -0.2) is 39.6 Å². The quantitative estimate of drug-likeness (QED) is 0.927. The number of halogens is 2. The van der Waals surface area contributed by atoms with Crippen LogP contribution in [0, 0.1) is 5.92 Å². The molecule has 0 fully saturated rings. The van der Waals surface area contributed by atoms with Gasteiger partial charge in [-0.05, 0) is 19.2 Å². The molecule has 0 aromatic heterocycles. The number of hydrogen-bond donors (Lipinski definition) is 1. The van der Waals surface area contributed by atoms with E-state index >= 15 is 0 Å². The molecule has 1 unspecified atom stereocenters. The molecule has 114 valence electrons. The van der Waals surface area contributed by atoms with Crippen molar-refractivity contribution in [3.05, 3.63) is 24.3 Å². The molecule has 1 amide bonds. The summed E-state index contributed by atoms with van der Waals surface area (Å²) in [7, 11) is 3.94. The predicted molar refractivity (Wildman–Crippen MR) is 89.7 cm³/mol. The molecule has 0 saturated heterocycles. The highest BCUT2D eigenvalue weighted by molar-refractivity contribution is 5.99. The van der Waals surface area contributed by atoms with Crippen LogP contribution in [0.1, 0.15) is 6.92 Å². The fourth-order valence-corrected chi connectivity index (χ4v) is 2.39. The van der Waals surface area contributed by atoms with E-state index in [0.717, 1.165) is 24.5 Å². The summed E-state index contributed by atoms with van der Waals surface area (Å²) in [5.41, 5.74) is 2.16. The van der Waals surface area contributed by atoms with Gasteiger partial charge in [0.25, 0.3) is 0 Å². The fourth-order valence-electron chi connectivity index (χ4n) is 2.39. The molecular formula is C14H23Cl2N3O. The maximum atomic E-state index is 12.4. The Morgan fingerprint density at radius 3 is 2.45 bits per heavy atom. The molecule has 1 aliphatic heterocycles. The third-order valence-electron chi connectivity index (χ3n) is 3.44. The van der Waals surface area contributed by atoms with Gasteiger partial charge in [-0.15, -0.1) is 24.8 Å². The largest absolute Gasteiger partial charge is 0.371 e. The number of nitrogens with zero attached hydrogens (tertiary/aromatic N) is 2. The Bertz CT molecular complexity index is 442. The number of nitrogens with one attached hydrogen (secondary N) is 1. The van der Waals surface area contributed by atoms with Gasteiger partial charge in [-0.25, -0.2) is 0 Å². The molecule has 4 nitrogen and oxygen atoms in total. The van der Waals surface area contributed by atoms with Gasteiger partial charge in [-0.2, -0.15) is 0 Å². The monoisotopic (exact) mass is 319 g/mol. The Balaban J connectivity index is 0.00000180. The number of amides is 1. The number of benzene rings is 1. The van der Waals surface area contributed by atoms with Crippen molar-refractivity contribution < 1.29 is 4.79 Å². The molecule has 6 heteroatoms. The van der Waals surface area contributed by atoms with Gasteiger partial charge in [-0.3, -0.25) is 4.79 Å². The van der Waals surface area contributed by atoms with Crippen molar-refractivity contribution in [3.63, 3.8) is 0 Å². The van der Waals surface area contributed by atoms with E-state index in [-0.39, 0.29) is 36.6 Å². The van der Waals surface area contributed by atoms with Crippen molar-refractivity contribution in [1.29, 1.82) is 0 Å². The summed E-state index contributed by atoms with van der Waals surface area (Å²) < 4.78 is 0. The molecular weight excluding hydrogens is 297 g/mol. The van der Waals surface area contributed by atoms with Crippen LogP contribution in [0.15, 0.2) is 24.3 Å². The maximum absolute atomic E-state index is 12.4. The lowest BCUT2D eigenvalue weighted by Crippen LogP contribution is -2.46. The van der Waals surface area contributed by atoms with Gasteiger partial charge in [0.15, 0.2) is 0 Å². The lowest BCUT2D eigenvalue weighted by Gasteiger charge is -2.36. The van der Waals surface area contributed by atoms with Gasteiger partial charge in [0.1, 0.15) is 0 Å². The number of carbonyl (C=O) groups is 1. The van der Waals surface area contributed by atoms with E-state index in [0.29, 0.717) is 6.54 Å². The normalized spacial score (nSPS) is 14.8. The lowest BCUT2D eigenvalue weighted by atomic mass is 10.1. The highest BCUT2D eigenvalue weighted by atomic mass is 35.5. The van der Waals surface area contributed by atoms with Gasteiger partial charge in [-0.1, -0.05) is 19.1 Å². The third kappa shape index (κ3) is 3.78. The topological polar surface area (TPSA) is 35.6 Å². The molecule has 1 atom stereocenters. The van der Waals surface area contributed by atoms with Crippen molar-refractivity contribution in [2.75, 3.05) is 43.5 Å². The Hall–Kier alpha value is -0.970. The Kier molecular flexibility index (Phi) is 7.94. The van der Waals surface area contributed by atoms with E-state index in [9.17, 15) is 4.79 Å². The molecule has 2 rings (SSSR count). The number of likely N-dealkylation sites (N-methyl/N-ethyl adjacent to an activating group) is 1. The van der Waals surface area contributed by atoms with Gasteiger partial charge in [0.2, 0.25) is 5.91 Å². The van der Waals surface area contributed by atoms with Crippen molar-refractivity contribution in [2.45, 2.75) is 6.92 Å². The number of carbonyl (C=O) groups excluding carboxylic acids is 1. The summed E-state index contributed by atoms with van der Waals surface area (Å²) >= 11 is 0. The Morgan fingerprint density at radius 1 is 1.25 bits per heavy atom. The second-order valence-electron chi connectivity index (χ2n) is 4.86. The molecule has 1 aliphatic rings. The first-order valence-electron chi connectivity index (χ1n) is 6.41. The summed E-state index contributed by atoms with van der Waals surface area (Å²) in [5.74, 6) is 0.205. The lowest BCUT2D eigenvalue weighted by molar-refractivity contribution is -0.121. The van der Waals surface area contributed by atoms with Crippen LogP contribution in [0.3, 0.4) is 0 Å². The summed E-state index contributed by atoms with van der Waals surface area (Å²) in [6.07, 6.45) is 0. The van der Waals surface area contributed by atoms with Crippen LogP contribution in [-0.2, 0) is 4.79 Å². The van der Waals surface area contributed by atoms with E-state index < -0.39 is 0 Å². The summed E-state index contributed by atoms with van der Waals surface area (Å²) in [5, 5.41) is 3.06. The van der Waals surface area contributed by atoms with Crippen LogP contribution in [0.2, 0.25) is 0 Å². The minimum Gasteiger partial charge on any atom is -0.371 e. The van der Waals surface area contributed by atoms with E-state index in [1.54, 1.807) is 0 Å². The average molecular weight is 320 g/mol. The van der Waals surface area contributed by atoms with Crippen LogP contribution >= 0.6 is 24.8 Å². The van der Waals surface area contributed by atoms with Crippen LogP contribution in [0.25, 0.3) is 0 Å². The Labute approximate surface area is 133 Å². The molecule has 0 aliphatic carbocycles. The van der Waals surface area contributed by atoms with Gasteiger partial charge in [0.05, 0.1) is 11.4 Å². The highest BCUT2D eigenvalue weighted by Gasteiger charge is 2.27. The molecule has 0 saturated carbocycles. The molecule has 1 N–H and O–H groups in total. The van der Waals surface area contributed by atoms with Crippen LogP contribution in [0.4, 0.5) is 11.4 Å². The first-order valence-corrected chi connectivity index (χ1v) is 6.41. The number of fused-ring (bicyclic) bond motifs is 1. The number of rotatable bonds is 3. The number of anilines is 2. The van der Waals surface area contributed by atoms with E-state index in [4.69, 9.17) is 0 Å². The van der Waals surface area contributed by atoms with Crippen molar-refractivity contribution in [2.24, 2.45) is 5.92 Å². The molecule has 20 heavy (non-hydrogen) atoms. The molecule has 0 spiro atoms. The predicted octanol–water partition coefficient (Wildman–Crippen LogP) is 2.17. The smallest absolute Gasteiger partial charge is 0.231 e. The van der Waals surface area contributed by atoms with Gasteiger partial charge < -0.3 is 15.1 Å². The molecule has 1 aromatic carbocycles. The maximum Gasteiger partial charge on any atom is 0.231 e. The second kappa shape index (κ2) is 8.35. The highest BCUT2D eigenvalue weighted by Crippen LogP contribution is 2.32. The summed E-state index contributed by atoms with van der Waals surface area (Å²) in [4.78, 5) is 16.5. The number of hydrogen-bond acceptors (Lipinski definition) is 3. The Morgan fingerprint density at radius 2 is 1.85 bits per heavy atom. The molecule has 1 aromatic rings. The first-order chi connectivity index (χ1) is 8.65. The van der Waals surface area contributed by atoms with Crippen LogP contribution in [0.5, 0.6) is 0 Å². The summed E-state index contributed by atoms with van der Waals surface area (Å²) in [6, 6.07) is 8.09. The standard InChI is InChI=1S/C14H21N3O.2ClH/c1-11(10-15-2)14(18)17-9-8-16(3)12-6-4-5-7-13(12)17;;/h4-7,11,15H,8-10H2,1-3H3;2*1H. The van der Waals surface area contributed by atoms with Gasteiger partial charge in [0, 0.05) is 32.6 Å². The van der Waals surface area contributed by atoms with Crippen LogP contribution < -0.4 is 15.1 Å². The van der Waals surface area contributed by atoms with Crippen molar-refractivity contribution >= 4 is 42.1 Å².